The highest BCUT2D eigenvalue weighted by atomic mass is 16.3. The predicted octanol–water partition coefficient (Wildman–Crippen LogP) is 3.45. The molecule has 0 spiro atoms. The van der Waals surface area contributed by atoms with E-state index in [0.29, 0.717) is 24.2 Å². The zero-order valence-electron chi connectivity index (χ0n) is 13.3. The molecule has 1 aromatic rings. The van der Waals surface area contributed by atoms with Crippen LogP contribution >= 0.6 is 0 Å². The molecular weight excluding hydrogens is 248 g/mol. The number of nitrogens with zero attached hydrogens (tertiary/aromatic N) is 1. The number of nitrogen functional groups attached to an aromatic ring is 1. The third-order valence-electron chi connectivity index (χ3n) is 3.82. The molecule has 3 nitrogen and oxygen atoms in total. The minimum absolute atomic E-state index is 0.518. The highest BCUT2D eigenvalue weighted by molar-refractivity contribution is 5.47. The lowest BCUT2D eigenvalue weighted by atomic mass is 10.0. The maximum absolute atomic E-state index is 10.5. The summed E-state index contributed by atoms with van der Waals surface area (Å²) in [6.07, 6.45) is 1.70. The lowest BCUT2D eigenvalue weighted by molar-refractivity contribution is 0.0755. The SMILES string of the molecule is CCC(CC)N(CC(C)C)CC(O)c1ccccc1N. The van der Waals surface area contributed by atoms with Crippen LogP contribution in [0.2, 0.25) is 0 Å². The molecule has 0 bridgehead atoms. The van der Waals surface area contributed by atoms with Gasteiger partial charge in [0.25, 0.3) is 0 Å². The zero-order chi connectivity index (χ0) is 15.1. The van der Waals surface area contributed by atoms with Gasteiger partial charge >= 0.3 is 0 Å². The van der Waals surface area contributed by atoms with Crippen molar-refractivity contribution in [2.24, 2.45) is 5.92 Å². The van der Waals surface area contributed by atoms with Gasteiger partial charge in [-0.2, -0.15) is 0 Å². The summed E-state index contributed by atoms with van der Waals surface area (Å²) in [5.41, 5.74) is 7.48. The van der Waals surface area contributed by atoms with Crippen LogP contribution in [0.5, 0.6) is 0 Å². The number of hydrogen-bond donors (Lipinski definition) is 2. The molecule has 20 heavy (non-hydrogen) atoms. The van der Waals surface area contributed by atoms with E-state index in [9.17, 15) is 5.11 Å². The van der Waals surface area contributed by atoms with Crippen molar-refractivity contribution in [1.29, 1.82) is 0 Å². The minimum Gasteiger partial charge on any atom is -0.398 e. The summed E-state index contributed by atoms with van der Waals surface area (Å²) in [4.78, 5) is 2.40. The number of nitrogens with two attached hydrogens (primary N) is 1. The molecule has 1 aromatic carbocycles. The summed E-state index contributed by atoms with van der Waals surface area (Å²) in [7, 11) is 0. The largest absolute Gasteiger partial charge is 0.398 e. The summed E-state index contributed by atoms with van der Waals surface area (Å²) in [5.74, 6) is 0.593. The van der Waals surface area contributed by atoms with Gasteiger partial charge in [0.05, 0.1) is 6.10 Å². The number of rotatable bonds is 8. The van der Waals surface area contributed by atoms with Crippen molar-refractivity contribution in [3.05, 3.63) is 29.8 Å². The Morgan fingerprint density at radius 3 is 2.20 bits per heavy atom. The van der Waals surface area contributed by atoms with Gasteiger partial charge in [0.15, 0.2) is 0 Å². The molecule has 0 aromatic heterocycles. The summed E-state index contributed by atoms with van der Waals surface area (Å²) >= 11 is 0. The molecule has 1 rings (SSSR count). The molecule has 1 atom stereocenters. The lowest BCUT2D eigenvalue weighted by Gasteiger charge is -2.33. The molecule has 114 valence electrons. The summed E-state index contributed by atoms with van der Waals surface area (Å²) in [6.45, 7) is 10.5. The van der Waals surface area contributed by atoms with E-state index in [1.807, 2.05) is 24.3 Å². The van der Waals surface area contributed by atoms with Gasteiger partial charge in [0.2, 0.25) is 0 Å². The molecule has 0 saturated carbocycles. The molecule has 0 saturated heterocycles. The Kier molecular flexibility index (Phi) is 7.03. The highest BCUT2D eigenvalue weighted by Gasteiger charge is 2.21. The van der Waals surface area contributed by atoms with E-state index in [-0.39, 0.29) is 0 Å². The van der Waals surface area contributed by atoms with Crippen molar-refractivity contribution in [2.75, 3.05) is 18.8 Å². The van der Waals surface area contributed by atoms with Gasteiger partial charge in [-0.15, -0.1) is 0 Å². The van der Waals surface area contributed by atoms with Crippen molar-refractivity contribution in [3.8, 4) is 0 Å². The van der Waals surface area contributed by atoms with Crippen LogP contribution in [0.25, 0.3) is 0 Å². The number of hydrogen-bond acceptors (Lipinski definition) is 3. The fourth-order valence-electron chi connectivity index (χ4n) is 2.78. The second-order valence-corrected chi connectivity index (χ2v) is 5.96. The molecule has 0 amide bonds. The first kappa shape index (κ1) is 17.0. The highest BCUT2D eigenvalue weighted by Crippen LogP contribution is 2.23. The van der Waals surface area contributed by atoms with E-state index in [1.54, 1.807) is 0 Å². The van der Waals surface area contributed by atoms with E-state index in [1.165, 1.54) is 0 Å². The van der Waals surface area contributed by atoms with Gasteiger partial charge in [-0.3, -0.25) is 4.90 Å². The van der Waals surface area contributed by atoms with Crippen LogP contribution in [-0.2, 0) is 0 Å². The van der Waals surface area contributed by atoms with Gasteiger partial charge in [-0.1, -0.05) is 45.9 Å². The number of aliphatic hydroxyl groups excluding tert-OH is 1. The maximum Gasteiger partial charge on any atom is 0.0936 e. The van der Waals surface area contributed by atoms with Crippen molar-refractivity contribution in [1.82, 2.24) is 4.90 Å². The van der Waals surface area contributed by atoms with E-state index in [2.05, 4.69) is 32.6 Å². The Bertz CT molecular complexity index is 388. The van der Waals surface area contributed by atoms with Gasteiger partial charge in [-0.05, 0) is 24.8 Å². The number of benzene rings is 1. The molecule has 0 radical (unpaired) electrons. The standard InChI is InChI=1S/C17H30N2O/c1-5-14(6-2)19(11-13(3)4)12-17(20)15-9-7-8-10-16(15)18/h7-10,13-14,17,20H,5-6,11-12,18H2,1-4H3. The third-order valence-corrected chi connectivity index (χ3v) is 3.82. The molecule has 3 N–H and O–H groups in total. The van der Waals surface area contributed by atoms with Gasteiger partial charge in [0.1, 0.15) is 0 Å². The predicted molar refractivity (Wildman–Crippen MR) is 86.6 cm³/mol. The van der Waals surface area contributed by atoms with Gasteiger partial charge in [0, 0.05) is 30.4 Å². The zero-order valence-corrected chi connectivity index (χ0v) is 13.3. The smallest absolute Gasteiger partial charge is 0.0936 e. The summed E-state index contributed by atoms with van der Waals surface area (Å²) in [5, 5.41) is 10.5. The maximum atomic E-state index is 10.5. The molecule has 0 fully saturated rings. The van der Waals surface area contributed by atoms with Gasteiger partial charge < -0.3 is 10.8 Å². The minimum atomic E-state index is -0.518. The first-order valence-corrected chi connectivity index (χ1v) is 7.76. The van der Waals surface area contributed by atoms with Crippen LogP contribution in [-0.4, -0.2) is 29.1 Å². The monoisotopic (exact) mass is 278 g/mol. The van der Waals surface area contributed by atoms with Crippen molar-refractivity contribution < 1.29 is 5.11 Å². The van der Waals surface area contributed by atoms with Crippen molar-refractivity contribution >= 4 is 5.69 Å². The van der Waals surface area contributed by atoms with Gasteiger partial charge in [-0.25, -0.2) is 0 Å². The Morgan fingerprint density at radius 2 is 1.70 bits per heavy atom. The Labute approximate surface area is 123 Å². The Balaban J connectivity index is 2.80. The van der Waals surface area contributed by atoms with Crippen LogP contribution in [0, 0.1) is 5.92 Å². The third kappa shape index (κ3) is 4.80. The fraction of sp³-hybridized carbons (Fsp3) is 0.647. The Hall–Kier alpha value is -1.06. The summed E-state index contributed by atoms with van der Waals surface area (Å²) in [6, 6.07) is 8.12. The van der Waals surface area contributed by atoms with Crippen LogP contribution in [0.4, 0.5) is 5.69 Å². The molecule has 0 aliphatic rings. The average molecular weight is 278 g/mol. The fourth-order valence-corrected chi connectivity index (χ4v) is 2.78. The first-order valence-electron chi connectivity index (χ1n) is 7.76. The van der Waals surface area contributed by atoms with Crippen LogP contribution in [0.15, 0.2) is 24.3 Å². The van der Waals surface area contributed by atoms with Crippen molar-refractivity contribution in [2.45, 2.75) is 52.7 Å². The number of aliphatic hydroxyl groups is 1. The van der Waals surface area contributed by atoms with Crippen molar-refractivity contribution in [3.63, 3.8) is 0 Å². The van der Waals surface area contributed by atoms with Crippen LogP contribution < -0.4 is 5.73 Å². The van der Waals surface area contributed by atoms with E-state index in [4.69, 9.17) is 5.73 Å². The molecular formula is C17H30N2O. The quantitative estimate of drug-likeness (QED) is 0.716. The number of anilines is 1. The topological polar surface area (TPSA) is 49.5 Å². The van der Waals surface area contributed by atoms with E-state index in [0.717, 1.165) is 24.9 Å². The lowest BCUT2D eigenvalue weighted by Crippen LogP contribution is -2.40. The second-order valence-electron chi connectivity index (χ2n) is 5.96. The molecule has 0 aliphatic heterocycles. The van der Waals surface area contributed by atoms with E-state index < -0.39 is 6.10 Å². The van der Waals surface area contributed by atoms with E-state index >= 15 is 0 Å². The molecule has 0 heterocycles. The second kappa shape index (κ2) is 8.28. The molecule has 1 unspecified atom stereocenters. The first-order chi connectivity index (χ1) is 9.49. The normalized spacial score (nSPS) is 13.4. The Morgan fingerprint density at radius 1 is 1.10 bits per heavy atom. The summed E-state index contributed by atoms with van der Waals surface area (Å²) < 4.78 is 0. The van der Waals surface area contributed by atoms with Crippen LogP contribution in [0.3, 0.4) is 0 Å². The molecule has 3 heteroatoms. The van der Waals surface area contributed by atoms with Crippen LogP contribution in [0.1, 0.15) is 52.2 Å². The average Bonchev–Trinajstić information content (AvgIpc) is 2.39. The number of para-hydroxylation sites is 1. The molecule has 0 aliphatic carbocycles.